The van der Waals surface area contributed by atoms with Crippen molar-refractivity contribution in [3.05, 3.63) is 30.1 Å². The first-order chi connectivity index (χ1) is 10.8. The van der Waals surface area contributed by atoms with Crippen molar-refractivity contribution in [1.82, 2.24) is 19.8 Å². The molecule has 5 nitrogen and oxygen atoms in total. The number of imidazole rings is 1. The van der Waals surface area contributed by atoms with Crippen molar-refractivity contribution in [1.29, 1.82) is 0 Å². The number of para-hydroxylation sites is 1. The zero-order valence-corrected chi connectivity index (χ0v) is 12.8. The minimum absolute atomic E-state index is 0.115. The molecule has 4 rings (SSSR count). The van der Waals surface area contributed by atoms with E-state index in [1.165, 1.54) is 25.7 Å². The number of aromatic amines is 1. The molecule has 2 aliphatic rings. The average Bonchev–Trinajstić information content (AvgIpc) is 3.25. The minimum atomic E-state index is 0.115. The van der Waals surface area contributed by atoms with Gasteiger partial charge in [0.25, 0.3) is 5.91 Å². The molecule has 22 heavy (non-hydrogen) atoms. The second kappa shape index (κ2) is 5.72. The summed E-state index contributed by atoms with van der Waals surface area (Å²) in [5.41, 5.74) is 2.43. The molecule has 116 valence electrons. The molecule has 0 unspecified atom stereocenters. The lowest BCUT2D eigenvalue weighted by molar-refractivity contribution is 0.0575. The molecule has 1 aromatic carbocycles. The molecule has 2 aromatic rings. The van der Waals surface area contributed by atoms with E-state index in [0.717, 1.165) is 43.3 Å². The zero-order valence-electron chi connectivity index (χ0n) is 12.8. The third kappa shape index (κ3) is 2.39. The Kier molecular flexibility index (Phi) is 3.58. The van der Waals surface area contributed by atoms with Crippen LogP contribution in [0, 0.1) is 0 Å². The molecule has 0 radical (unpaired) electrons. The van der Waals surface area contributed by atoms with Crippen LogP contribution >= 0.6 is 0 Å². The lowest BCUT2D eigenvalue weighted by Gasteiger charge is -2.38. The normalized spacial score (nSPS) is 20.8. The van der Waals surface area contributed by atoms with Gasteiger partial charge in [-0.2, -0.15) is 0 Å². The van der Waals surface area contributed by atoms with Crippen LogP contribution in [0.4, 0.5) is 0 Å². The summed E-state index contributed by atoms with van der Waals surface area (Å²) in [5, 5.41) is 0. The van der Waals surface area contributed by atoms with Crippen LogP contribution in [0.5, 0.6) is 0 Å². The van der Waals surface area contributed by atoms with Crippen molar-refractivity contribution in [2.75, 3.05) is 26.2 Å². The fourth-order valence-corrected chi connectivity index (χ4v) is 3.87. The highest BCUT2D eigenvalue weighted by atomic mass is 16.2. The van der Waals surface area contributed by atoms with Gasteiger partial charge >= 0.3 is 0 Å². The van der Waals surface area contributed by atoms with Crippen LogP contribution in [0.1, 0.15) is 36.0 Å². The summed E-state index contributed by atoms with van der Waals surface area (Å²) in [5.74, 6) is 0.115. The SMILES string of the molecule is O=C(c1cccc2[nH]cnc12)N1CCN(C2CCCC2)CC1. The van der Waals surface area contributed by atoms with Crippen LogP contribution in [0.25, 0.3) is 11.0 Å². The van der Waals surface area contributed by atoms with Crippen molar-refractivity contribution < 1.29 is 4.79 Å². The molecule has 0 bridgehead atoms. The van der Waals surface area contributed by atoms with E-state index >= 15 is 0 Å². The van der Waals surface area contributed by atoms with Gasteiger partial charge in [0.1, 0.15) is 5.52 Å². The molecule has 0 spiro atoms. The van der Waals surface area contributed by atoms with Crippen LogP contribution < -0.4 is 0 Å². The van der Waals surface area contributed by atoms with Gasteiger partial charge in [-0.1, -0.05) is 18.9 Å². The van der Waals surface area contributed by atoms with E-state index in [0.29, 0.717) is 5.56 Å². The number of H-pyrrole nitrogens is 1. The molecule has 1 aliphatic heterocycles. The van der Waals surface area contributed by atoms with Crippen molar-refractivity contribution in [3.63, 3.8) is 0 Å². The van der Waals surface area contributed by atoms with E-state index in [9.17, 15) is 4.79 Å². The smallest absolute Gasteiger partial charge is 0.256 e. The van der Waals surface area contributed by atoms with Gasteiger partial charge in [0.2, 0.25) is 0 Å². The zero-order chi connectivity index (χ0) is 14.9. The van der Waals surface area contributed by atoms with Crippen LogP contribution in [-0.4, -0.2) is 57.9 Å². The number of hydrogen-bond donors (Lipinski definition) is 1. The van der Waals surface area contributed by atoms with Gasteiger partial charge in [0.15, 0.2) is 0 Å². The van der Waals surface area contributed by atoms with Crippen LogP contribution in [-0.2, 0) is 0 Å². The average molecular weight is 298 g/mol. The lowest BCUT2D eigenvalue weighted by atomic mass is 10.1. The van der Waals surface area contributed by atoms with Crippen molar-refractivity contribution >= 4 is 16.9 Å². The van der Waals surface area contributed by atoms with Gasteiger partial charge < -0.3 is 9.88 Å². The summed E-state index contributed by atoms with van der Waals surface area (Å²) in [6.45, 7) is 3.67. The molecular formula is C17H22N4O. The number of amides is 1. The maximum atomic E-state index is 12.8. The predicted octanol–water partition coefficient (Wildman–Crippen LogP) is 2.26. The Balaban J connectivity index is 1.47. The molecule has 1 aromatic heterocycles. The Morgan fingerprint density at radius 2 is 1.91 bits per heavy atom. The highest BCUT2D eigenvalue weighted by Gasteiger charge is 2.28. The summed E-state index contributed by atoms with van der Waals surface area (Å²) in [4.78, 5) is 24.7. The third-order valence-corrected chi connectivity index (χ3v) is 5.12. The van der Waals surface area contributed by atoms with E-state index in [4.69, 9.17) is 0 Å². The van der Waals surface area contributed by atoms with E-state index in [1.807, 2.05) is 23.1 Å². The fraction of sp³-hybridized carbons (Fsp3) is 0.529. The summed E-state index contributed by atoms with van der Waals surface area (Å²) in [6.07, 6.45) is 7.05. The number of nitrogens with zero attached hydrogens (tertiary/aromatic N) is 3. The Bertz CT molecular complexity index is 666. The van der Waals surface area contributed by atoms with E-state index in [1.54, 1.807) is 6.33 Å². The second-order valence-corrected chi connectivity index (χ2v) is 6.37. The molecule has 5 heteroatoms. The number of nitrogens with one attached hydrogen (secondary N) is 1. The Morgan fingerprint density at radius 1 is 1.14 bits per heavy atom. The van der Waals surface area contributed by atoms with Gasteiger partial charge in [0, 0.05) is 32.2 Å². The highest BCUT2D eigenvalue weighted by Crippen LogP contribution is 2.25. The molecule has 2 heterocycles. The molecular weight excluding hydrogens is 276 g/mol. The van der Waals surface area contributed by atoms with Crippen LogP contribution in [0.3, 0.4) is 0 Å². The molecule has 1 aliphatic carbocycles. The van der Waals surface area contributed by atoms with E-state index in [-0.39, 0.29) is 5.91 Å². The van der Waals surface area contributed by atoms with Gasteiger partial charge in [0.05, 0.1) is 17.4 Å². The second-order valence-electron chi connectivity index (χ2n) is 6.37. The number of benzene rings is 1. The fourth-order valence-electron chi connectivity index (χ4n) is 3.87. The van der Waals surface area contributed by atoms with Crippen molar-refractivity contribution in [3.8, 4) is 0 Å². The van der Waals surface area contributed by atoms with Crippen molar-refractivity contribution in [2.24, 2.45) is 0 Å². The number of carbonyl (C=O) groups excluding carboxylic acids is 1. The summed E-state index contributed by atoms with van der Waals surface area (Å²) >= 11 is 0. The van der Waals surface area contributed by atoms with Gasteiger partial charge in [-0.25, -0.2) is 4.98 Å². The maximum absolute atomic E-state index is 12.8. The molecule has 2 fully saturated rings. The largest absolute Gasteiger partial charge is 0.345 e. The first kappa shape index (κ1) is 13.8. The maximum Gasteiger partial charge on any atom is 0.256 e. The van der Waals surface area contributed by atoms with E-state index in [2.05, 4.69) is 14.9 Å². The van der Waals surface area contributed by atoms with E-state index < -0.39 is 0 Å². The Morgan fingerprint density at radius 3 is 2.68 bits per heavy atom. The number of aromatic nitrogens is 2. The number of rotatable bonds is 2. The summed E-state index contributed by atoms with van der Waals surface area (Å²) in [7, 11) is 0. The number of fused-ring (bicyclic) bond motifs is 1. The van der Waals surface area contributed by atoms with Crippen LogP contribution in [0.2, 0.25) is 0 Å². The molecule has 1 saturated heterocycles. The number of carbonyl (C=O) groups is 1. The summed E-state index contributed by atoms with van der Waals surface area (Å²) in [6, 6.07) is 6.51. The third-order valence-electron chi connectivity index (χ3n) is 5.12. The minimum Gasteiger partial charge on any atom is -0.345 e. The Labute approximate surface area is 130 Å². The molecule has 0 atom stereocenters. The molecule has 1 saturated carbocycles. The number of piperazine rings is 1. The molecule has 1 amide bonds. The van der Waals surface area contributed by atoms with Gasteiger partial charge in [-0.05, 0) is 25.0 Å². The molecule has 1 N–H and O–H groups in total. The first-order valence-electron chi connectivity index (χ1n) is 8.28. The topological polar surface area (TPSA) is 52.2 Å². The quantitative estimate of drug-likeness (QED) is 0.925. The van der Waals surface area contributed by atoms with Crippen molar-refractivity contribution in [2.45, 2.75) is 31.7 Å². The standard InChI is InChI=1S/C17H22N4O/c22-17(14-6-3-7-15-16(14)19-12-18-15)21-10-8-20(9-11-21)13-4-1-2-5-13/h3,6-7,12-13H,1-2,4-5,8-11H2,(H,18,19). The predicted molar refractivity (Wildman–Crippen MR) is 85.8 cm³/mol. The first-order valence-corrected chi connectivity index (χ1v) is 8.28. The van der Waals surface area contributed by atoms with Gasteiger partial charge in [-0.3, -0.25) is 9.69 Å². The Hall–Kier alpha value is -1.88. The lowest BCUT2D eigenvalue weighted by Crippen LogP contribution is -2.51. The van der Waals surface area contributed by atoms with Gasteiger partial charge in [-0.15, -0.1) is 0 Å². The number of hydrogen-bond acceptors (Lipinski definition) is 3. The van der Waals surface area contributed by atoms with Crippen LogP contribution in [0.15, 0.2) is 24.5 Å². The highest BCUT2D eigenvalue weighted by molar-refractivity contribution is 6.04. The summed E-state index contributed by atoms with van der Waals surface area (Å²) < 4.78 is 0. The monoisotopic (exact) mass is 298 g/mol.